The topological polar surface area (TPSA) is 57.1 Å². The van der Waals surface area contributed by atoms with Crippen molar-refractivity contribution in [3.8, 4) is 5.75 Å². The Kier molecular flexibility index (Phi) is 4.32. The fourth-order valence-corrected chi connectivity index (χ4v) is 1.14. The van der Waals surface area contributed by atoms with E-state index in [-0.39, 0.29) is 5.71 Å². The van der Waals surface area contributed by atoms with Crippen LogP contribution in [0.5, 0.6) is 5.75 Å². The van der Waals surface area contributed by atoms with E-state index in [2.05, 4.69) is 14.7 Å². The van der Waals surface area contributed by atoms with Gasteiger partial charge in [-0.15, -0.1) is 0 Å². The first kappa shape index (κ1) is 12.0. The summed E-state index contributed by atoms with van der Waals surface area (Å²) in [5.74, 6) is 0.150. The molecule has 0 saturated carbocycles. The second kappa shape index (κ2) is 5.75. The van der Waals surface area contributed by atoms with Crippen molar-refractivity contribution in [1.29, 1.82) is 0 Å². The van der Waals surface area contributed by atoms with Crippen LogP contribution in [-0.4, -0.2) is 33.0 Å². The Balaban J connectivity index is 3.02. The molecule has 0 atom stereocenters. The minimum absolute atomic E-state index is 0.118. The van der Waals surface area contributed by atoms with E-state index in [0.717, 1.165) is 0 Å². The number of methoxy groups -OCH3 is 2. The number of benzene rings is 1. The first-order chi connectivity index (χ1) is 7.72. The van der Waals surface area contributed by atoms with Gasteiger partial charge in [-0.2, -0.15) is 0 Å². The molecular formula is C11H13NO4. The zero-order chi connectivity index (χ0) is 12.0. The van der Waals surface area contributed by atoms with Crippen LogP contribution in [0.1, 0.15) is 5.56 Å². The maximum Gasteiger partial charge on any atom is 0.360 e. The van der Waals surface area contributed by atoms with E-state index in [4.69, 9.17) is 4.74 Å². The van der Waals surface area contributed by atoms with Crippen molar-refractivity contribution in [2.24, 2.45) is 5.16 Å². The van der Waals surface area contributed by atoms with Crippen LogP contribution in [0.15, 0.2) is 29.4 Å². The molecule has 86 valence electrons. The van der Waals surface area contributed by atoms with Crippen LogP contribution in [0, 0.1) is 0 Å². The Labute approximate surface area is 93.6 Å². The third-order valence-corrected chi connectivity index (χ3v) is 1.92. The summed E-state index contributed by atoms with van der Waals surface area (Å²) in [5.41, 5.74) is 0.724. The highest BCUT2D eigenvalue weighted by Gasteiger charge is 2.15. The standard InChI is InChI=1S/C11H13NO4/c1-14-9-6-4-8(5-7-9)10(12-16-3)11(13)15-2/h4-7H,1-3H3/b12-10-. The van der Waals surface area contributed by atoms with Gasteiger partial charge in [0.1, 0.15) is 12.9 Å². The highest BCUT2D eigenvalue weighted by atomic mass is 16.6. The summed E-state index contributed by atoms with van der Waals surface area (Å²) < 4.78 is 9.60. The smallest absolute Gasteiger partial charge is 0.360 e. The largest absolute Gasteiger partial charge is 0.497 e. The van der Waals surface area contributed by atoms with Crippen LogP contribution < -0.4 is 4.74 Å². The number of ether oxygens (including phenoxy) is 2. The summed E-state index contributed by atoms with van der Waals surface area (Å²) in [7, 11) is 4.23. The van der Waals surface area contributed by atoms with Crippen molar-refractivity contribution in [2.45, 2.75) is 0 Å². The molecule has 1 rings (SSSR count). The van der Waals surface area contributed by atoms with Gasteiger partial charge in [-0.25, -0.2) is 4.79 Å². The SMILES string of the molecule is CO/N=C(\C(=O)OC)c1ccc(OC)cc1. The molecule has 0 aliphatic rings. The number of nitrogens with zero attached hydrogens (tertiary/aromatic N) is 1. The normalized spacial score (nSPS) is 10.8. The van der Waals surface area contributed by atoms with Gasteiger partial charge in [0.15, 0.2) is 5.71 Å². The lowest BCUT2D eigenvalue weighted by molar-refractivity contribution is -0.132. The predicted octanol–water partition coefficient (Wildman–Crippen LogP) is 1.22. The third-order valence-electron chi connectivity index (χ3n) is 1.92. The van der Waals surface area contributed by atoms with Crippen LogP contribution in [0.3, 0.4) is 0 Å². The lowest BCUT2D eigenvalue weighted by atomic mass is 10.1. The molecule has 1 aromatic carbocycles. The van der Waals surface area contributed by atoms with E-state index in [0.29, 0.717) is 11.3 Å². The summed E-state index contributed by atoms with van der Waals surface area (Å²) in [6, 6.07) is 6.86. The van der Waals surface area contributed by atoms with Crippen molar-refractivity contribution in [1.82, 2.24) is 0 Å². The molecule has 0 aliphatic heterocycles. The molecule has 0 aliphatic carbocycles. The highest BCUT2D eigenvalue weighted by molar-refractivity contribution is 6.43. The summed E-state index contributed by atoms with van der Waals surface area (Å²) in [6.07, 6.45) is 0. The van der Waals surface area contributed by atoms with Gasteiger partial charge < -0.3 is 14.3 Å². The first-order valence-electron chi connectivity index (χ1n) is 4.56. The van der Waals surface area contributed by atoms with Crippen molar-refractivity contribution in [2.75, 3.05) is 21.3 Å². The monoisotopic (exact) mass is 223 g/mol. The number of carbonyl (C=O) groups is 1. The Hall–Kier alpha value is -2.04. The minimum Gasteiger partial charge on any atom is -0.497 e. The van der Waals surface area contributed by atoms with Gasteiger partial charge >= 0.3 is 5.97 Å². The molecule has 0 aromatic heterocycles. The molecule has 5 heteroatoms. The fraction of sp³-hybridized carbons (Fsp3) is 0.273. The maximum atomic E-state index is 11.4. The van der Waals surface area contributed by atoms with Crippen molar-refractivity contribution < 1.29 is 19.1 Å². The summed E-state index contributed by atoms with van der Waals surface area (Å²) in [5, 5.41) is 3.62. The summed E-state index contributed by atoms with van der Waals surface area (Å²) >= 11 is 0. The second-order valence-electron chi connectivity index (χ2n) is 2.84. The summed E-state index contributed by atoms with van der Waals surface area (Å²) in [4.78, 5) is 16.0. The molecule has 5 nitrogen and oxygen atoms in total. The zero-order valence-electron chi connectivity index (χ0n) is 9.39. The average molecular weight is 223 g/mol. The molecule has 0 unspecified atom stereocenters. The molecule has 1 aromatic rings. The van der Waals surface area contributed by atoms with Crippen LogP contribution in [0.25, 0.3) is 0 Å². The number of rotatable bonds is 4. The molecule has 0 heterocycles. The molecule has 0 fully saturated rings. The van der Waals surface area contributed by atoms with Crippen LogP contribution in [0.2, 0.25) is 0 Å². The van der Waals surface area contributed by atoms with Gasteiger partial charge in [0.05, 0.1) is 14.2 Å². The van der Waals surface area contributed by atoms with Gasteiger partial charge in [0.2, 0.25) is 0 Å². The molecule has 0 amide bonds. The van der Waals surface area contributed by atoms with Gasteiger partial charge in [-0.1, -0.05) is 5.16 Å². The zero-order valence-corrected chi connectivity index (χ0v) is 9.39. The molecular weight excluding hydrogens is 210 g/mol. The van der Waals surface area contributed by atoms with Gasteiger partial charge in [-0.05, 0) is 24.3 Å². The van der Waals surface area contributed by atoms with E-state index in [1.807, 2.05) is 0 Å². The van der Waals surface area contributed by atoms with Crippen molar-refractivity contribution >= 4 is 11.7 Å². The van der Waals surface area contributed by atoms with Crippen LogP contribution >= 0.6 is 0 Å². The van der Waals surface area contributed by atoms with E-state index in [1.165, 1.54) is 14.2 Å². The predicted molar refractivity (Wildman–Crippen MR) is 58.6 cm³/mol. The van der Waals surface area contributed by atoms with Gasteiger partial charge in [-0.3, -0.25) is 0 Å². The maximum absolute atomic E-state index is 11.4. The molecule has 0 bridgehead atoms. The molecule has 0 saturated heterocycles. The Morgan fingerprint density at radius 1 is 1.12 bits per heavy atom. The molecule has 0 N–H and O–H groups in total. The van der Waals surface area contributed by atoms with E-state index >= 15 is 0 Å². The minimum atomic E-state index is -0.549. The first-order valence-corrected chi connectivity index (χ1v) is 4.56. The Morgan fingerprint density at radius 3 is 2.19 bits per heavy atom. The van der Waals surface area contributed by atoms with Crippen LogP contribution in [-0.2, 0) is 14.4 Å². The van der Waals surface area contributed by atoms with Crippen LogP contribution in [0.4, 0.5) is 0 Å². The highest BCUT2D eigenvalue weighted by Crippen LogP contribution is 2.12. The number of oxime groups is 1. The molecule has 16 heavy (non-hydrogen) atoms. The summed E-state index contributed by atoms with van der Waals surface area (Å²) in [6.45, 7) is 0. The Bertz CT molecular complexity index is 383. The fourth-order valence-electron chi connectivity index (χ4n) is 1.14. The molecule has 0 spiro atoms. The molecule has 0 radical (unpaired) electrons. The number of esters is 1. The van der Waals surface area contributed by atoms with E-state index in [1.54, 1.807) is 31.4 Å². The van der Waals surface area contributed by atoms with Crippen molar-refractivity contribution in [3.05, 3.63) is 29.8 Å². The number of hydrogen-bond acceptors (Lipinski definition) is 5. The van der Waals surface area contributed by atoms with Gasteiger partial charge in [0, 0.05) is 5.56 Å². The average Bonchev–Trinajstić information content (AvgIpc) is 2.35. The quantitative estimate of drug-likeness (QED) is 0.437. The van der Waals surface area contributed by atoms with Gasteiger partial charge in [0.25, 0.3) is 0 Å². The second-order valence-corrected chi connectivity index (χ2v) is 2.84. The third kappa shape index (κ3) is 2.73. The number of carbonyl (C=O) groups excluding carboxylic acids is 1. The Morgan fingerprint density at radius 2 is 1.75 bits per heavy atom. The lowest BCUT2D eigenvalue weighted by Gasteiger charge is -2.04. The number of hydrogen-bond donors (Lipinski definition) is 0. The lowest BCUT2D eigenvalue weighted by Crippen LogP contribution is -2.17. The van der Waals surface area contributed by atoms with Crippen molar-refractivity contribution in [3.63, 3.8) is 0 Å². The van der Waals surface area contributed by atoms with E-state index < -0.39 is 5.97 Å². The van der Waals surface area contributed by atoms with E-state index in [9.17, 15) is 4.79 Å².